The summed E-state index contributed by atoms with van der Waals surface area (Å²) in [6, 6.07) is 0. The summed E-state index contributed by atoms with van der Waals surface area (Å²) in [7, 11) is 0. The molecule has 3 fully saturated rings. The van der Waals surface area contributed by atoms with Gasteiger partial charge in [-0.25, -0.2) is 0 Å². The standard InChI is InChI=1S/C19H27NO4/c1-18-10-8-15(21)17(20(23)24)14(18)4-3-11-12-5-6-16(22)19(12,2)9-7-13(11)18/h11-13,16,22H,3-10H2,1-2H3/t11-,12-,13+,16?,18+,19-/m0/s1. The zero-order chi connectivity index (χ0) is 17.3. The number of Topliss-reactive ketones (excluding diaryl/α,β-unsaturated/α-hetero) is 1. The molecule has 1 unspecified atom stereocenters. The van der Waals surface area contributed by atoms with E-state index in [0.717, 1.165) is 44.1 Å². The molecule has 0 amide bonds. The molecule has 0 aromatic heterocycles. The summed E-state index contributed by atoms with van der Waals surface area (Å²) < 4.78 is 0. The molecular formula is C19H27NO4. The van der Waals surface area contributed by atoms with Crippen molar-refractivity contribution in [3.8, 4) is 0 Å². The molecule has 4 rings (SSSR count). The van der Waals surface area contributed by atoms with Crippen LogP contribution in [0.3, 0.4) is 0 Å². The zero-order valence-corrected chi connectivity index (χ0v) is 14.6. The number of aliphatic hydroxyl groups excluding tert-OH is 1. The molecule has 0 heterocycles. The van der Waals surface area contributed by atoms with Gasteiger partial charge in [-0.1, -0.05) is 13.8 Å². The first kappa shape index (κ1) is 16.2. The summed E-state index contributed by atoms with van der Waals surface area (Å²) in [5, 5.41) is 22.0. The predicted octanol–water partition coefficient (Wildman–Crippen LogP) is 3.48. The molecule has 5 nitrogen and oxygen atoms in total. The van der Waals surface area contributed by atoms with E-state index in [4.69, 9.17) is 0 Å². The average Bonchev–Trinajstić information content (AvgIpc) is 2.83. The highest BCUT2D eigenvalue weighted by Crippen LogP contribution is 2.65. The number of nitrogens with zero attached hydrogens (tertiary/aromatic N) is 1. The molecule has 6 atom stereocenters. The van der Waals surface area contributed by atoms with E-state index in [1.807, 2.05) is 0 Å². The number of carbonyl (C=O) groups is 1. The van der Waals surface area contributed by atoms with Crippen LogP contribution in [0.15, 0.2) is 11.3 Å². The van der Waals surface area contributed by atoms with E-state index >= 15 is 0 Å². The van der Waals surface area contributed by atoms with Crippen molar-refractivity contribution in [1.29, 1.82) is 0 Å². The number of hydrogen-bond donors (Lipinski definition) is 1. The monoisotopic (exact) mass is 333 g/mol. The first-order valence-electron chi connectivity index (χ1n) is 9.38. The quantitative estimate of drug-likeness (QED) is 0.588. The number of carbonyl (C=O) groups excluding carboxylic acids is 1. The van der Waals surface area contributed by atoms with Crippen LogP contribution in [0.1, 0.15) is 65.2 Å². The second-order valence-corrected chi connectivity index (χ2v) is 8.98. The van der Waals surface area contributed by atoms with E-state index in [9.17, 15) is 20.0 Å². The van der Waals surface area contributed by atoms with Gasteiger partial charge in [0.2, 0.25) is 5.78 Å². The van der Waals surface area contributed by atoms with Gasteiger partial charge in [0, 0.05) is 12.0 Å². The minimum absolute atomic E-state index is 0.0230. The smallest absolute Gasteiger partial charge is 0.311 e. The van der Waals surface area contributed by atoms with Gasteiger partial charge in [0.25, 0.3) is 0 Å². The Bertz CT molecular complexity index is 641. The van der Waals surface area contributed by atoms with Gasteiger partial charge in [-0.15, -0.1) is 0 Å². The SMILES string of the molecule is C[C@]12CCC(=O)C([N+](=O)[O-])=C1CC[C@@H]1[C@H]2CC[C@]2(C)C(O)CC[C@@H]12. The van der Waals surface area contributed by atoms with Crippen molar-refractivity contribution in [3.63, 3.8) is 0 Å². The minimum atomic E-state index is -0.429. The fourth-order valence-electron chi connectivity index (χ4n) is 6.87. The Labute approximate surface area is 142 Å². The van der Waals surface area contributed by atoms with Crippen molar-refractivity contribution >= 4 is 5.78 Å². The summed E-state index contributed by atoms with van der Waals surface area (Å²) in [6.45, 7) is 4.41. The molecule has 0 spiro atoms. The highest BCUT2D eigenvalue weighted by molar-refractivity contribution is 5.95. The lowest BCUT2D eigenvalue weighted by Crippen LogP contribution is -2.52. The summed E-state index contributed by atoms with van der Waals surface area (Å²) in [5.41, 5.74) is 0.553. The molecule has 0 bridgehead atoms. The van der Waals surface area contributed by atoms with E-state index in [0.29, 0.717) is 30.6 Å². The van der Waals surface area contributed by atoms with Crippen LogP contribution in [0.5, 0.6) is 0 Å². The van der Waals surface area contributed by atoms with Crippen LogP contribution in [0.25, 0.3) is 0 Å². The van der Waals surface area contributed by atoms with Crippen molar-refractivity contribution in [2.45, 2.75) is 71.3 Å². The fraction of sp³-hybridized carbons (Fsp3) is 0.842. The Kier molecular flexibility index (Phi) is 3.48. The number of hydrogen-bond acceptors (Lipinski definition) is 4. The molecule has 4 aliphatic rings. The van der Waals surface area contributed by atoms with Gasteiger partial charge < -0.3 is 5.11 Å². The lowest BCUT2D eigenvalue weighted by Gasteiger charge is -2.57. The molecule has 0 aromatic rings. The van der Waals surface area contributed by atoms with E-state index in [2.05, 4.69) is 13.8 Å². The number of aliphatic hydroxyl groups is 1. The van der Waals surface area contributed by atoms with Crippen LogP contribution in [0.4, 0.5) is 0 Å². The van der Waals surface area contributed by atoms with E-state index in [1.54, 1.807) is 0 Å². The highest BCUT2D eigenvalue weighted by Gasteiger charge is 2.60. The second kappa shape index (κ2) is 5.13. The van der Waals surface area contributed by atoms with Gasteiger partial charge in [0.15, 0.2) is 0 Å². The summed E-state index contributed by atoms with van der Waals surface area (Å²) in [4.78, 5) is 23.2. The first-order chi connectivity index (χ1) is 11.3. The number of fused-ring (bicyclic) bond motifs is 5. The van der Waals surface area contributed by atoms with Crippen molar-refractivity contribution in [3.05, 3.63) is 21.4 Å². The molecule has 0 aliphatic heterocycles. The number of rotatable bonds is 1. The van der Waals surface area contributed by atoms with E-state index in [1.165, 1.54) is 0 Å². The van der Waals surface area contributed by atoms with Crippen LogP contribution in [0, 0.1) is 38.7 Å². The predicted molar refractivity (Wildman–Crippen MR) is 88.7 cm³/mol. The normalized spacial score (nSPS) is 47.9. The first-order valence-corrected chi connectivity index (χ1v) is 9.38. The van der Waals surface area contributed by atoms with Gasteiger partial charge in [0.1, 0.15) is 0 Å². The third-order valence-corrected chi connectivity index (χ3v) is 8.23. The van der Waals surface area contributed by atoms with Gasteiger partial charge >= 0.3 is 5.70 Å². The molecule has 1 N–H and O–H groups in total. The Hall–Kier alpha value is -1.23. The summed E-state index contributed by atoms with van der Waals surface area (Å²) in [5.74, 6) is 1.22. The number of nitro groups is 1. The Morgan fingerprint density at radius 2 is 1.83 bits per heavy atom. The van der Waals surface area contributed by atoms with E-state index in [-0.39, 0.29) is 28.4 Å². The molecule has 3 saturated carbocycles. The third kappa shape index (κ3) is 1.94. The van der Waals surface area contributed by atoms with Crippen LogP contribution in [0.2, 0.25) is 0 Å². The summed E-state index contributed by atoms with van der Waals surface area (Å²) in [6.07, 6.45) is 6.48. The van der Waals surface area contributed by atoms with Gasteiger partial charge in [0.05, 0.1) is 11.0 Å². The van der Waals surface area contributed by atoms with Crippen molar-refractivity contribution in [2.24, 2.45) is 28.6 Å². The maximum absolute atomic E-state index is 12.1. The average molecular weight is 333 g/mol. The molecule has 132 valence electrons. The molecule has 0 radical (unpaired) electrons. The van der Waals surface area contributed by atoms with Crippen LogP contribution >= 0.6 is 0 Å². The third-order valence-electron chi connectivity index (χ3n) is 8.23. The topological polar surface area (TPSA) is 80.4 Å². The van der Waals surface area contributed by atoms with Gasteiger partial charge in [-0.05, 0) is 73.5 Å². The highest BCUT2D eigenvalue weighted by atomic mass is 16.6. The lowest BCUT2D eigenvalue weighted by molar-refractivity contribution is -0.422. The van der Waals surface area contributed by atoms with Crippen LogP contribution in [-0.4, -0.2) is 21.9 Å². The fourth-order valence-corrected chi connectivity index (χ4v) is 6.87. The van der Waals surface area contributed by atoms with Crippen molar-refractivity contribution in [1.82, 2.24) is 0 Å². The molecule has 24 heavy (non-hydrogen) atoms. The van der Waals surface area contributed by atoms with Crippen LogP contribution in [-0.2, 0) is 4.79 Å². The molecule has 4 aliphatic carbocycles. The molecular weight excluding hydrogens is 306 g/mol. The van der Waals surface area contributed by atoms with Gasteiger partial charge in [-0.2, -0.15) is 0 Å². The maximum atomic E-state index is 12.1. The van der Waals surface area contributed by atoms with Crippen molar-refractivity contribution in [2.75, 3.05) is 0 Å². The largest absolute Gasteiger partial charge is 0.393 e. The van der Waals surface area contributed by atoms with Gasteiger partial charge in [-0.3, -0.25) is 14.9 Å². The minimum Gasteiger partial charge on any atom is -0.393 e. The summed E-state index contributed by atoms with van der Waals surface area (Å²) >= 11 is 0. The number of allylic oxidation sites excluding steroid dienone is 1. The Balaban J connectivity index is 1.75. The molecule has 5 heteroatoms. The van der Waals surface area contributed by atoms with Crippen LogP contribution < -0.4 is 0 Å². The maximum Gasteiger partial charge on any atom is 0.311 e. The lowest BCUT2D eigenvalue weighted by atomic mass is 9.47. The Morgan fingerprint density at radius 1 is 1.08 bits per heavy atom. The second-order valence-electron chi connectivity index (χ2n) is 8.98. The number of ketones is 1. The zero-order valence-electron chi connectivity index (χ0n) is 14.6. The molecule has 0 aromatic carbocycles. The molecule has 0 saturated heterocycles. The van der Waals surface area contributed by atoms with Crippen molar-refractivity contribution < 1.29 is 14.8 Å². The van der Waals surface area contributed by atoms with E-state index < -0.39 is 4.92 Å². The Morgan fingerprint density at radius 3 is 2.54 bits per heavy atom.